The Bertz CT molecular complexity index is 414. The molecule has 1 aromatic carbocycles. The number of hydrogen-bond donors (Lipinski definition) is 0. The average Bonchev–Trinajstić information content (AvgIpc) is 2.35. The molecular formula is C15H16S. The van der Waals surface area contributed by atoms with Gasteiger partial charge < -0.3 is 0 Å². The molecule has 0 atom stereocenters. The van der Waals surface area contributed by atoms with Crippen molar-refractivity contribution in [1.29, 1.82) is 0 Å². The van der Waals surface area contributed by atoms with E-state index in [1.165, 1.54) is 4.91 Å². The molecule has 1 heteroatoms. The summed E-state index contributed by atoms with van der Waals surface area (Å²) in [5.74, 6) is 6.34. The van der Waals surface area contributed by atoms with Crippen LogP contribution in [0.5, 0.6) is 0 Å². The molecule has 0 amide bonds. The van der Waals surface area contributed by atoms with E-state index in [-0.39, 0.29) is 0 Å². The van der Waals surface area contributed by atoms with Gasteiger partial charge in [0.2, 0.25) is 0 Å². The summed E-state index contributed by atoms with van der Waals surface area (Å²) in [4.78, 5) is 1.22. The Morgan fingerprint density at radius 3 is 2.69 bits per heavy atom. The molecule has 82 valence electrons. The number of allylic oxidation sites excluding steroid dienone is 1. The third kappa shape index (κ3) is 4.94. The Balaban J connectivity index is 2.31. The van der Waals surface area contributed by atoms with E-state index in [0.717, 1.165) is 24.8 Å². The lowest BCUT2D eigenvalue weighted by atomic mass is 10.2. The van der Waals surface area contributed by atoms with Crippen LogP contribution in [0.15, 0.2) is 47.5 Å². The largest absolute Gasteiger partial charge is 0.126 e. The first-order chi connectivity index (χ1) is 7.86. The van der Waals surface area contributed by atoms with Crippen LogP contribution in [-0.2, 0) is 0 Å². The molecule has 0 aliphatic heterocycles. The van der Waals surface area contributed by atoms with E-state index in [0.29, 0.717) is 0 Å². The van der Waals surface area contributed by atoms with Crippen LogP contribution in [0, 0.1) is 11.8 Å². The van der Waals surface area contributed by atoms with Gasteiger partial charge in [-0.1, -0.05) is 36.6 Å². The van der Waals surface area contributed by atoms with Crippen molar-refractivity contribution < 1.29 is 0 Å². The first-order valence-electron chi connectivity index (χ1n) is 5.33. The fourth-order valence-electron chi connectivity index (χ4n) is 1.29. The van der Waals surface area contributed by atoms with Gasteiger partial charge in [0.1, 0.15) is 0 Å². The summed E-state index contributed by atoms with van der Waals surface area (Å²) < 4.78 is 0. The molecule has 1 rings (SSSR count). The average molecular weight is 228 g/mol. The van der Waals surface area contributed by atoms with E-state index < -0.39 is 0 Å². The summed E-state index contributed by atoms with van der Waals surface area (Å²) in [5.41, 5.74) is 4.03. The molecule has 0 aromatic heterocycles. The first-order valence-corrected chi connectivity index (χ1v) is 6.56. The fourth-order valence-corrected chi connectivity index (χ4v) is 1.78. The zero-order valence-corrected chi connectivity index (χ0v) is 10.4. The van der Waals surface area contributed by atoms with Gasteiger partial charge in [-0.05, 0) is 31.2 Å². The minimum absolute atomic E-state index is 0.931. The second kappa shape index (κ2) is 7.88. The smallest absolute Gasteiger partial charge is 0.0257 e. The van der Waals surface area contributed by atoms with Crippen LogP contribution in [0.2, 0.25) is 0 Å². The second-order valence-electron chi connectivity index (χ2n) is 3.33. The lowest BCUT2D eigenvalue weighted by Gasteiger charge is -1.96. The van der Waals surface area contributed by atoms with E-state index in [1.54, 1.807) is 11.8 Å². The normalized spacial score (nSPS) is 8.81. The van der Waals surface area contributed by atoms with Gasteiger partial charge in [-0.3, -0.25) is 0 Å². The van der Waals surface area contributed by atoms with Gasteiger partial charge in [0, 0.05) is 16.9 Å². The van der Waals surface area contributed by atoms with Gasteiger partial charge in [-0.2, -0.15) is 0 Å². The summed E-state index contributed by atoms with van der Waals surface area (Å²) >= 11 is 1.72. The molecule has 0 unspecified atom stereocenters. The van der Waals surface area contributed by atoms with E-state index >= 15 is 0 Å². The summed E-state index contributed by atoms with van der Waals surface area (Å²) in [6.07, 6.45) is 5.11. The Morgan fingerprint density at radius 2 is 2.06 bits per heavy atom. The SMILES string of the molecule is C=C=C(CCCC#Cc1ccccc1)SC. The Morgan fingerprint density at radius 1 is 1.31 bits per heavy atom. The number of thioether (sulfide) groups is 1. The molecule has 0 fully saturated rings. The van der Waals surface area contributed by atoms with Crippen LogP contribution in [0.4, 0.5) is 0 Å². The number of rotatable bonds is 4. The number of unbranched alkanes of at least 4 members (excludes halogenated alkanes) is 1. The summed E-state index contributed by atoms with van der Waals surface area (Å²) in [6, 6.07) is 10.1. The molecule has 16 heavy (non-hydrogen) atoms. The third-order valence-electron chi connectivity index (χ3n) is 2.16. The predicted octanol–water partition coefficient (Wildman–Crippen LogP) is 4.24. The number of benzene rings is 1. The van der Waals surface area contributed by atoms with Crippen LogP contribution < -0.4 is 0 Å². The highest BCUT2D eigenvalue weighted by Gasteiger charge is 1.91. The van der Waals surface area contributed by atoms with E-state index in [1.807, 2.05) is 30.3 Å². The van der Waals surface area contributed by atoms with Gasteiger partial charge in [0.25, 0.3) is 0 Å². The Kier molecular flexibility index (Phi) is 6.26. The van der Waals surface area contributed by atoms with Crippen LogP contribution in [0.3, 0.4) is 0 Å². The molecule has 1 aromatic rings. The van der Waals surface area contributed by atoms with Crippen molar-refractivity contribution >= 4 is 11.8 Å². The van der Waals surface area contributed by atoms with Gasteiger partial charge in [-0.15, -0.1) is 17.5 Å². The standard InChI is InChI=1S/C15H16S/c1-3-15(16-2)13-9-5-8-12-14-10-6-4-7-11-14/h4,6-7,10-11H,1,5,9,13H2,2H3. The topological polar surface area (TPSA) is 0 Å². The highest BCUT2D eigenvalue weighted by molar-refractivity contribution is 8.02. The molecule has 0 N–H and O–H groups in total. The molecule has 0 saturated carbocycles. The Labute approximate surface area is 102 Å². The lowest BCUT2D eigenvalue weighted by Crippen LogP contribution is -1.77. The molecule has 0 aliphatic carbocycles. The van der Waals surface area contributed by atoms with Gasteiger partial charge >= 0.3 is 0 Å². The molecular weight excluding hydrogens is 212 g/mol. The van der Waals surface area contributed by atoms with Gasteiger partial charge in [-0.25, -0.2) is 0 Å². The number of hydrogen-bond acceptors (Lipinski definition) is 1. The van der Waals surface area contributed by atoms with Crippen molar-refractivity contribution in [3.8, 4) is 11.8 Å². The molecule has 0 saturated heterocycles. The van der Waals surface area contributed by atoms with Crippen molar-refractivity contribution in [2.75, 3.05) is 6.26 Å². The van der Waals surface area contributed by atoms with Gasteiger partial charge in [0.15, 0.2) is 0 Å². The predicted molar refractivity (Wildman–Crippen MR) is 73.3 cm³/mol. The van der Waals surface area contributed by atoms with Crippen molar-refractivity contribution in [3.63, 3.8) is 0 Å². The maximum absolute atomic E-state index is 3.66. The second-order valence-corrected chi connectivity index (χ2v) is 4.23. The van der Waals surface area contributed by atoms with Crippen molar-refractivity contribution in [3.05, 3.63) is 53.1 Å². The van der Waals surface area contributed by atoms with Crippen molar-refractivity contribution in [2.24, 2.45) is 0 Å². The van der Waals surface area contributed by atoms with E-state index in [9.17, 15) is 0 Å². The maximum Gasteiger partial charge on any atom is 0.0257 e. The Hall–Kier alpha value is -1.35. The molecule has 0 radical (unpaired) electrons. The minimum Gasteiger partial charge on any atom is -0.126 e. The minimum atomic E-state index is 0.931. The molecule has 0 aliphatic rings. The summed E-state index contributed by atoms with van der Waals surface area (Å²) in [5, 5.41) is 0. The highest BCUT2D eigenvalue weighted by Crippen LogP contribution is 2.16. The van der Waals surface area contributed by atoms with Crippen molar-refractivity contribution in [2.45, 2.75) is 19.3 Å². The van der Waals surface area contributed by atoms with Crippen LogP contribution >= 0.6 is 11.8 Å². The van der Waals surface area contributed by atoms with E-state index in [2.05, 4.69) is 30.4 Å². The molecule has 0 heterocycles. The van der Waals surface area contributed by atoms with Gasteiger partial charge in [0.05, 0.1) is 0 Å². The molecule has 0 nitrogen and oxygen atoms in total. The monoisotopic (exact) mass is 228 g/mol. The first kappa shape index (κ1) is 12.7. The van der Waals surface area contributed by atoms with E-state index in [4.69, 9.17) is 0 Å². The lowest BCUT2D eigenvalue weighted by molar-refractivity contribution is 0.878. The summed E-state index contributed by atoms with van der Waals surface area (Å²) in [6.45, 7) is 3.66. The highest BCUT2D eigenvalue weighted by atomic mass is 32.2. The summed E-state index contributed by atoms with van der Waals surface area (Å²) in [7, 11) is 0. The molecule has 0 spiro atoms. The maximum atomic E-state index is 3.66. The van der Waals surface area contributed by atoms with Crippen LogP contribution in [-0.4, -0.2) is 6.26 Å². The van der Waals surface area contributed by atoms with Crippen LogP contribution in [0.25, 0.3) is 0 Å². The van der Waals surface area contributed by atoms with Crippen molar-refractivity contribution in [1.82, 2.24) is 0 Å². The third-order valence-corrected chi connectivity index (χ3v) is 3.00. The quantitative estimate of drug-likeness (QED) is 0.422. The van der Waals surface area contributed by atoms with Crippen LogP contribution in [0.1, 0.15) is 24.8 Å². The fraction of sp³-hybridized carbons (Fsp3) is 0.267. The zero-order chi connectivity index (χ0) is 11.6. The zero-order valence-electron chi connectivity index (χ0n) is 9.62. The molecule has 0 bridgehead atoms.